The molecular weight excluding hydrogens is 250 g/mol. The molecule has 0 aromatic heterocycles. The lowest BCUT2D eigenvalue weighted by Gasteiger charge is -2.18. The lowest BCUT2D eigenvalue weighted by Crippen LogP contribution is -2.28. The van der Waals surface area contributed by atoms with Crippen molar-refractivity contribution in [1.29, 1.82) is 0 Å². The first kappa shape index (κ1) is 16.6. The Hall–Kier alpha value is -0.470. The molecule has 1 rings (SSSR count). The molecule has 2 heteroatoms. The van der Waals surface area contributed by atoms with Crippen LogP contribution in [0.2, 0.25) is 0 Å². The van der Waals surface area contributed by atoms with Crippen LogP contribution < -0.4 is 5.32 Å². The van der Waals surface area contributed by atoms with Crippen molar-refractivity contribution in [3.05, 3.63) is 35.4 Å². The molecule has 0 radical (unpaired) electrons. The van der Waals surface area contributed by atoms with Crippen molar-refractivity contribution < 1.29 is 0 Å². The molecular formula is C17H29NS. The first-order valence-corrected chi connectivity index (χ1v) is 8.76. The van der Waals surface area contributed by atoms with Crippen molar-refractivity contribution in [2.75, 3.05) is 25.1 Å². The topological polar surface area (TPSA) is 12.0 Å². The second-order valence-electron chi connectivity index (χ2n) is 5.89. The minimum absolute atomic E-state index is 0.736. The van der Waals surface area contributed by atoms with E-state index in [4.69, 9.17) is 0 Å². The number of benzene rings is 1. The number of thioether (sulfide) groups is 1. The molecule has 0 aliphatic rings. The van der Waals surface area contributed by atoms with Gasteiger partial charge in [-0.25, -0.2) is 0 Å². The van der Waals surface area contributed by atoms with E-state index in [2.05, 4.69) is 56.6 Å². The smallest absolute Gasteiger partial charge is 0.00169 e. The van der Waals surface area contributed by atoms with E-state index >= 15 is 0 Å². The SMILES string of the molecule is CSCCC(CNCC(C)C)Cc1cccc(C)c1. The standard InChI is InChI=1S/C17H29NS/c1-14(2)12-18-13-17(8-9-19-4)11-16-7-5-6-15(3)10-16/h5-7,10,14,17-18H,8-9,11-13H2,1-4H3. The van der Waals surface area contributed by atoms with Gasteiger partial charge >= 0.3 is 0 Å². The summed E-state index contributed by atoms with van der Waals surface area (Å²) in [5.74, 6) is 2.76. The monoisotopic (exact) mass is 279 g/mol. The second kappa shape index (κ2) is 9.44. The molecule has 1 nitrogen and oxygen atoms in total. The normalized spacial score (nSPS) is 12.9. The predicted molar refractivity (Wildman–Crippen MR) is 89.1 cm³/mol. The minimum Gasteiger partial charge on any atom is -0.316 e. The Balaban J connectivity index is 2.48. The molecule has 0 heterocycles. The van der Waals surface area contributed by atoms with Crippen molar-refractivity contribution >= 4 is 11.8 Å². The molecule has 1 unspecified atom stereocenters. The van der Waals surface area contributed by atoms with Gasteiger partial charge in [-0.3, -0.25) is 0 Å². The van der Waals surface area contributed by atoms with Crippen LogP contribution in [-0.2, 0) is 6.42 Å². The maximum absolute atomic E-state index is 3.62. The van der Waals surface area contributed by atoms with Gasteiger partial charge in [0.15, 0.2) is 0 Å². The average molecular weight is 279 g/mol. The van der Waals surface area contributed by atoms with Crippen molar-refractivity contribution in [2.24, 2.45) is 11.8 Å². The van der Waals surface area contributed by atoms with E-state index in [9.17, 15) is 0 Å². The molecule has 1 atom stereocenters. The molecule has 0 aliphatic carbocycles. The molecule has 0 aliphatic heterocycles. The molecule has 19 heavy (non-hydrogen) atoms. The largest absolute Gasteiger partial charge is 0.316 e. The average Bonchev–Trinajstić information content (AvgIpc) is 2.35. The molecule has 108 valence electrons. The van der Waals surface area contributed by atoms with Crippen LogP contribution in [0.4, 0.5) is 0 Å². The summed E-state index contributed by atoms with van der Waals surface area (Å²) in [6, 6.07) is 8.95. The zero-order valence-electron chi connectivity index (χ0n) is 12.9. The van der Waals surface area contributed by atoms with E-state index in [-0.39, 0.29) is 0 Å². The Bertz CT molecular complexity index is 349. The van der Waals surface area contributed by atoms with Crippen LogP contribution in [0.3, 0.4) is 0 Å². The fourth-order valence-corrected chi connectivity index (χ4v) is 2.88. The first-order chi connectivity index (χ1) is 9.11. The van der Waals surface area contributed by atoms with Crippen LogP contribution in [0.1, 0.15) is 31.4 Å². The summed E-state index contributed by atoms with van der Waals surface area (Å²) < 4.78 is 0. The minimum atomic E-state index is 0.736. The van der Waals surface area contributed by atoms with Crippen molar-refractivity contribution in [2.45, 2.75) is 33.6 Å². The van der Waals surface area contributed by atoms with E-state index in [0.717, 1.165) is 24.9 Å². The Labute approximate surface area is 123 Å². The Kier molecular flexibility index (Phi) is 8.24. The summed E-state index contributed by atoms with van der Waals surface area (Å²) >= 11 is 1.96. The number of hydrogen-bond acceptors (Lipinski definition) is 2. The molecule has 0 spiro atoms. The zero-order chi connectivity index (χ0) is 14.1. The molecule has 0 bridgehead atoms. The summed E-state index contributed by atoms with van der Waals surface area (Å²) in [7, 11) is 0. The zero-order valence-corrected chi connectivity index (χ0v) is 13.7. The summed E-state index contributed by atoms with van der Waals surface area (Å²) in [6.45, 7) is 8.99. The highest BCUT2D eigenvalue weighted by Gasteiger charge is 2.10. The van der Waals surface area contributed by atoms with Gasteiger partial charge in [-0.05, 0) is 62.3 Å². The van der Waals surface area contributed by atoms with E-state index < -0.39 is 0 Å². The lowest BCUT2D eigenvalue weighted by molar-refractivity contribution is 0.440. The fraction of sp³-hybridized carbons (Fsp3) is 0.647. The molecule has 0 saturated heterocycles. The molecule has 0 fully saturated rings. The Morgan fingerprint density at radius 2 is 2.00 bits per heavy atom. The maximum Gasteiger partial charge on any atom is -0.00169 e. The summed E-state index contributed by atoms with van der Waals surface area (Å²) in [6.07, 6.45) is 4.71. The summed E-state index contributed by atoms with van der Waals surface area (Å²) in [4.78, 5) is 0. The van der Waals surface area contributed by atoms with Crippen LogP contribution in [0.25, 0.3) is 0 Å². The summed E-state index contributed by atoms with van der Waals surface area (Å²) in [5, 5.41) is 3.62. The van der Waals surface area contributed by atoms with Crippen LogP contribution >= 0.6 is 11.8 Å². The third-order valence-corrected chi connectivity index (χ3v) is 3.97. The van der Waals surface area contributed by atoms with Crippen LogP contribution in [-0.4, -0.2) is 25.1 Å². The third-order valence-electron chi connectivity index (χ3n) is 3.32. The van der Waals surface area contributed by atoms with E-state index in [1.807, 2.05) is 11.8 Å². The highest BCUT2D eigenvalue weighted by molar-refractivity contribution is 7.98. The van der Waals surface area contributed by atoms with Crippen LogP contribution in [0.5, 0.6) is 0 Å². The number of rotatable bonds is 9. The van der Waals surface area contributed by atoms with Gasteiger partial charge in [0, 0.05) is 0 Å². The third kappa shape index (κ3) is 7.64. The molecule has 1 N–H and O–H groups in total. The van der Waals surface area contributed by atoms with E-state index in [0.29, 0.717) is 0 Å². The highest BCUT2D eigenvalue weighted by Crippen LogP contribution is 2.15. The highest BCUT2D eigenvalue weighted by atomic mass is 32.2. The second-order valence-corrected chi connectivity index (χ2v) is 6.88. The van der Waals surface area contributed by atoms with E-state index in [1.165, 1.54) is 29.7 Å². The van der Waals surface area contributed by atoms with Crippen molar-refractivity contribution in [3.8, 4) is 0 Å². The quantitative estimate of drug-likeness (QED) is 0.728. The van der Waals surface area contributed by atoms with E-state index in [1.54, 1.807) is 0 Å². The number of aryl methyl sites for hydroxylation is 1. The number of hydrogen-bond donors (Lipinski definition) is 1. The van der Waals surface area contributed by atoms with Gasteiger partial charge in [0.05, 0.1) is 0 Å². The number of nitrogens with one attached hydrogen (secondary N) is 1. The molecule has 0 saturated carbocycles. The Morgan fingerprint density at radius 3 is 2.63 bits per heavy atom. The van der Waals surface area contributed by atoms with Crippen LogP contribution in [0, 0.1) is 18.8 Å². The van der Waals surface area contributed by atoms with Gasteiger partial charge in [0.1, 0.15) is 0 Å². The molecule has 1 aromatic carbocycles. The van der Waals surface area contributed by atoms with Gasteiger partial charge in [-0.15, -0.1) is 0 Å². The Morgan fingerprint density at radius 1 is 1.21 bits per heavy atom. The van der Waals surface area contributed by atoms with Crippen LogP contribution in [0.15, 0.2) is 24.3 Å². The molecule has 0 amide bonds. The van der Waals surface area contributed by atoms with Crippen molar-refractivity contribution in [1.82, 2.24) is 5.32 Å². The summed E-state index contributed by atoms with van der Waals surface area (Å²) in [5.41, 5.74) is 2.86. The van der Waals surface area contributed by atoms with Gasteiger partial charge in [-0.2, -0.15) is 11.8 Å². The van der Waals surface area contributed by atoms with Crippen molar-refractivity contribution in [3.63, 3.8) is 0 Å². The fourth-order valence-electron chi connectivity index (χ4n) is 2.31. The first-order valence-electron chi connectivity index (χ1n) is 7.37. The maximum atomic E-state index is 3.62. The van der Waals surface area contributed by atoms with Gasteiger partial charge in [0.25, 0.3) is 0 Å². The van der Waals surface area contributed by atoms with Gasteiger partial charge < -0.3 is 5.32 Å². The van der Waals surface area contributed by atoms with Gasteiger partial charge in [-0.1, -0.05) is 43.7 Å². The molecule has 1 aromatic rings. The van der Waals surface area contributed by atoms with Gasteiger partial charge in [0.2, 0.25) is 0 Å². The predicted octanol–water partition coefficient (Wildman–Crippen LogP) is 4.15. The lowest BCUT2D eigenvalue weighted by atomic mass is 9.95.